The van der Waals surface area contributed by atoms with E-state index in [1.165, 1.54) is 0 Å². The fraction of sp³-hybridized carbons (Fsp3) is 0.857. The molecule has 2 atom stereocenters. The van der Waals surface area contributed by atoms with Gasteiger partial charge in [0.05, 0.1) is 5.41 Å². The molecule has 2 aliphatic rings. The molecule has 0 bridgehead atoms. The monoisotopic (exact) mass is 284 g/mol. The Labute approximate surface area is 119 Å². The van der Waals surface area contributed by atoms with Gasteiger partial charge in [0.25, 0.3) is 0 Å². The molecule has 0 radical (unpaired) electrons. The van der Waals surface area contributed by atoms with Crippen molar-refractivity contribution in [3.8, 4) is 0 Å². The molecule has 2 heterocycles. The van der Waals surface area contributed by atoms with Crippen molar-refractivity contribution < 1.29 is 19.8 Å². The van der Waals surface area contributed by atoms with Crippen LogP contribution in [0.15, 0.2) is 0 Å². The van der Waals surface area contributed by atoms with Crippen molar-refractivity contribution in [3.63, 3.8) is 0 Å². The van der Waals surface area contributed by atoms with Gasteiger partial charge in [-0.2, -0.15) is 0 Å². The molecule has 0 aromatic heterocycles. The summed E-state index contributed by atoms with van der Waals surface area (Å²) in [6.07, 6.45) is 1.34. The van der Waals surface area contributed by atoms with Crippen molar-refractivity contribution in [1.29, 1.82) is 0 Å². The average molecular weight is 284 g/mol. The van der Waals surface area contributed by atoms with Crippen molar-refractivity contribution in [3.05, 3.63) is 0 Å². The van der Waals surface area contributed by atoms with Gasteiger partial charge >= 0.3 is 12.0 Å². The molecule has 114 valence electrons. The molecule has 2 fully saturated rings. The fourth-order valence-electron chi connectivity index (χ4n) is 3.24. The fourth-order valence-corrected chi connectivity index (χ4v) is 3.24. The highest BCUT2D eigenvalue weighted by Gasteiger charge is 2.49. The smallest absolute Gasteiger partial charge is 0.320 e. The number of carboxylic acids is 1. The zero-order valence-electron chi connectivity index (χ0n) is 12.2. The number of aliphatic hydroxyl groups is 1. The highest BCUT2D eigenvalue weighted by molar-refractivity contribution is 5.80. The van der Waals surface area contributed by atoms with Gasteiger partial charge in [-0.25, -0.2) is 4.79 Å². The zero-order chi connectivity index (χ0) is 14.9. The van der Waals surface area contributed by atoms with Crippen LogP contribution in [-0.2, 0) is 4.79 Å². The van der Waals surface area contributed by atoms with E-state index in [9.17, 15) is 14.7 Å². The van der Waals surface area contributed by atoms with Crippen LogP contribution < -0.4 is 0 Å². The van der Waals surface area contributed by atoms with E-state index in [0.29, 0.717) is 32.6 Å². The Bertz CT molecular complexity index is 399. The Hall–Kier alpha value is -1.30. The van der Waals surface area contributed by atoms with Crippen LogP contribution in [-0.4, -0.2) is 64.8 Å². The van der Waals surface area contributed by atoms with E-state index in [0.717, 1.165) is 6.42 Å². The Morgan fingerprint density at radius 1 is 1.30 bits per heavy atom. The van der Waals surface area contributed by atoms with Crippen LogP contribution >= 0.6 is 0 Å². The molecule has 6 nitrogen and oxygen atoms in total. The summed E-state index contributed by atoms with van der Waals surface area (Å²) in [6, 6.07) is -0.0790. The molecular formula is C14H24N2O4. The summed E-state index contributed by atoms with van der Waals surface area (Å²) in [4.78, 5) is 27.4. The van der Waals surface area contributed by atoms with Crippen molar-refractivity contribution in [2.75, 3.05) is 32.8 Å². The molecule has 20 heavy (non-hydrogen) atoms. The van der Waals surface area contributed by atoms with Gasteiger partial charge in [0.2, 0.25) is 0 Å². The number of hydrogen-bond donors (Lipinski definition) is 2. The lowest BCUT2D eigenvalue weighted by molar-refractivity contribution is -0.150. The number of nitrogens with zero attached hydrogens (tertiary/aromatic N) is 2. The summed E-state index contributed by atoms with van der Waals surface area (Å²) in [5, 5.41) is 18.6. The standard InChI is InChI=1S/C14H24N2O4/c1-10(2)14(12(18)19)4-6-16(9-14)13(20)15-5-3-11(7-15)8-17/h10-11,17H,3-9H2,1-2H3,(H,18,19). The van der Waals surface area contributed by atoms with E-state index >= 15 is 0 Å². The van der Waals surface area contributed by atoms with Crippen LogP contribution in [0.5, 0.6) is 0 Å². The molecule has 0 saturated carbocycles. The third kappa shape index (κ3) is 2.49. The second-order valence-corrected chi connectivity index (χ2v) is 6.35. The predicted molar refractivity (Wildman–Crippen MR) is 73.3 cm³/mol. The molecule has 0 spiro atoms. The summed E-state index contributed by atoms with van der Waals surface area (Å²) in [5.41, 5.74) is -0.814. The van der Waals surface area contributed by atoms with Gasteiger partial charge in [0, 0.05) is 38.7 Å². The number of hydrogen-bond acceptors (Lipinski definition) is 3. The maximum atomic E-state index is 12.4. The molecule has 0 aliphatic carbocycles. The van der Waals surface area contributed by atoms with Gasteiger partial charge in [-0.05, 0) is 18.8 Å². The van der Waals surface area contributed by atoms with Crippen LogP contribution in [0.25, 0.3) is 0 Å². The van der Waals surface area contributed by atoms with Crippen LogP contribution in [0.3, 0.4) is 0 Å². The molecule has 2 saturated heterocycles. The van der Waals surface area contributed by atoms with Crippen molar-refractivity contribution in [2.24, 2.45) is 17.3 Å². The Balaban J connectivity index is 2.02. The molecule has 2 N–H and O–H groups in total. The lowest BCUT2D eigenvalue weighted by atomic mass is 9.76. The first-order valence-corrected chi connectivity index (χ1v) is 7.29. The van der Waals surface area contributed by atoms with E-state index < -0.39 is 11.4 Å². The first-order valence-electron chi connectivity index (χ1n) is 7.29. The van der Waals surface area contributed by atoms with Crippen LogP contribution in [0.2, 0.25) is 0 Å². The van der Waals surface area contributed by atoms with E-state index in [1.54, 1.807) is 9.80 Å². The molecule has 2 amide bonds. The number of likely N-dealkylation sites (tertiary alicyclic amines) is 2. The summed E-state index contributed by atoms with van der Waals surface area (Å²) in [6.45, 7) is 5.94. The highest BCUT2D eigenvalue weighted by Crippen LogP contribution is 2.38. The normalized spacial score (nSPS) is 30.3. The van der Waals surface area contributed by atoms with Crippen molar-refractivity contribution in [2.45, 2.75) is 26.7 Å². The minimum Gasteiger partial charge on any atom is -0.481 e. The number of aliphatic hydroxyl groups excluding tert-OH is 1. The summed E-state index contributed by atoms with van der Waals surface area (Å²) in [5.74, 6) is -0.644. The molecular weight excluding hydrogens is 260 g/mol. The van der Waals surface area contributed by atoms with Gasteiger partial charge in [0.1, 0.15) is 0 Å². The lowest BCUT2D eigenvalue weighted by Gasteiger charge is -2.30. The second kappa shape index (κ2) is 5.60. The van der Waals surface area contributed by atoms with Gasteiger partial charge in [-0.15, -0.1) is 0 Å². The van der Waals surface area contributed by atoms with Crippen molar-refractivity contribution >= 4 is 12.0 Å². The third-order valence-corrected chi connectivity index (χ3v) is 4.92. The van der Waals surface area contributed by atoms with Crippen LogP contribution in [0.1, 0.15) is 26.7 Å². The van der Waals surface area contributed by atoms with Crippen LogP contribution in [0.4, 0.5) is 4.79 Å². The molecule has 2 aliphatic heterocycles. The second-order valence-electron chi connectivity index (χ2n) is 6.35. The molecule has 2 unspecified atom stereocenters. The van der Waals surface area contributed by atoms with Gasteiger partial charge in [-0.3, -0.25) is 4.79 Å². The average Bonchev–Trinajstić information content (AvgIpc) is 3.05. The number of carbonyl (C=O) groups is 2. The van der Waals surface area contributed by atoms with Crippen LogP contribution in [0, 0.1) is 17.3 Å². The number of rotatable bonds is 3. The maximum Gasteiger partial charge on any atom is 0.320 e. The summed E-state index contributed by atoms with van der Waals surface area (Å²) in [7, 11) is 0. The van der Waals surface area contributed by atoms with Gasteiger partial charge < -0.3 is 20.0 Å². The number of aliphatic carboxylic acids is 1. The Kier molecular flexibility index (Phi) is 4.22. The quantitative estimate of drug-likeness (QED) is 0.805. The summed E-state index contributed by atoms with van der Waals surface area (Å²) >= 11 is 0. The molecule has 0 aromatic carbocycles. The topological polar surface area (TPSA) is 81.1 Å². The van der Waals surface area contributed by atoms with E-state index in [-0.39, 0.29) is 24.5 Å². The number of carboxylic acid groups (broad SMARTS) is 1. The SMILES string of the molecule is CC(C)C1(C(=O)O)CCN(C(=O)N2CCC(CO)C2)C1. The van der Waals surface area contributed by atoms with E-state index in [2.05, 4.69) is 0 Å². The Morgan fingerprint density at radius 3 is 2.45 bits per heavy atom. The zero-order valence-corrected chi connectivity index (χ0v) is 12.2. The lowest BCUT2D eigenvalue weighted by Crippen LogP contribution is -2.45. The number of amides is 2. The number of carbonyl (C=O) groups excluding carboxylic acids is 1. The summed E-state index contributed by atoms with van der Waals surface area (Å²) < 4.78 is 0. The molecule has 0 aromatic rings. The van der Waals surface area contributed by atoms with Gasteiger partial charge in [0.15, 0.2) is 0 Å². The Morgan fingerprint density at radius 2 is 2.00 bits per heavy atom. The largest absolute Gasteiger partial charge is 0.481 e. The van der Waals surface area contributed by atoms with Crippen molar-refractivity contribution in [1.82, 2.24) is 9.80 Å². The highest BCUT2D eigenvalue weighted by atomic mass is 16.4. The third-order valence-electron chi connectivity index (χ3n) is 4.92. The minimum absolute atomic E-state index is 0.00145. The van der Waals surface area contributed by atoms with E-state index in [1.807, 2.05) is 13.8 Å². The molecule has 6 heteroatoms. The maximum absolute atomic E-state index is 12.4. The van der Waals surface area contributed by atoms with E-state index in [4.69, 9.17) is 5.11 Å². The first kappa shape index (κ1) is 15.1. The minimum atomic E-state index is -0.814. The van der Waals surface area contributed by atoms with Gasteiger partial charge in [-0.1, -0.05) is 13.8 Å². The molecule has 2 rings (SSSR count). The first-order chi connectivity index (χ1) is 9.40. The predicted octanol–water partition coefficient (Wildman–Crippen LogP) is 0.853. The number of urea groups is 1.